The van der Waals surface area contributed by atoms with Gasteiger partial charge in [0.1, 0.15) is 0 Å². The van der Waals surface area contributed by atoms with Crippen molar-refractivity contribution in [2.75, 3.05) is 0 Å². The molecule has 1 unspecified atom stereocenters. The number of halogens is 3. The van der Waals surface area contributed by atoms with Crippen LogP contribution in [0.3, 0.4) is 0 Å². The van der Waals surface area contributed by atoms with Crippen molar-refractivity contribution < 1.29 is 18.3 Å². The van der Waals surface area contributed by atoms with Crippen LogP contribution in [0.5, 0.6) is 0 Å². The van der Waals surface area contributed by atoms with Gasteiger partial charge < -0.3 is 5.11 Å². The van der Waals surface area contributed by atoms with Crippen molar-refractivity contribution in [3.8, 4) is 0 Å². The quantitative estimate of drug-likeness (QED) is 0.866. The van der Waals surface area contributed by atoms with Gasteiger partial charge in [-0.2, -0.15) is 13.2 Å². The molecular weight excluding hydrogens is 219 g/mol. The molecule has 1 aromatic heterocycles. The van der Waals surface area contributed by atoms with Gasteiger partial charge in [0, 0.05) is 24.4 Å². The van der Waals surface area contributed by atoms with Crippen LogP contribution in [-0.2, 0) is 0 Å². The van der Waals surface area contributed by atoms with E-state index in [1.807, 2.05) is 0 Å². The molecule has 0 aliphatic heterocycles. The molecule has 1 rings (SSSR count). The molecule has 16 heavy (non-hydrogen) atoms. The second-order valence-electron chi connectivity index (χ2n) is 3.76. The SMILES string of the molecule is Cc1ccncc1C(O)CCCC(F)(F)F. The summed E-state index contributed by atoms with van der Waals surface area (Å²) in [6.45, 7) is 1.80. The van der Waals surface area contributed by atoms with Crippen molar-refractivity contribution in [2.45, 2.75) is 38.5 Å². The maximum atomic E-state index is 11.9. The molecule has 5 heteroatoms. The van der Waals surface area contributed by atoms with E-state index < -0.39 is 18.7 Å². The first kappa shape index (κ1) is 13.0. The fraction of sp³-hybridized carbons (Fsp3) is 0.545. The minimum absolute atomic E-state index is 0.0704. The van der Waals surface area contributed by atoms with Gasteiger partial charge in [-0.3, -0.25) is 4.98 Å². The molecule has 0 saturated carbocycles. The van der Waals surface area contributed by atoms with Crippen molar-refractivity contribution >= 4 is 0 Å². The van der Waals surface area contributed by atoms with E-state index in [9.17, 15) is 18.3 Å². The lowest BCUT2D eigenvalue weighted by Crippen LogP contribution is -2.08. The number of hydrogen-bond acceptors (Lipinski definition) is 2. The normalized spacial score (nSPS) is 13.8. The van der Waals surface area contributed by atoms with Gasteiger partial charge in [-0.15, -0.1) is 0 Å². The highest BCUT2D eigenvalue weighted by Gasteiger charge is 2.26. The predicted molar refractivity (Wildman–Crippen MR) is 53.8 cm³/mol. The largest absolute Gasteiger partial charge is 0.389 e. The zero-order chi connectivity index (χ0) is 12.2. The molecule has 0 aromatic carbocycles. The molecular formula is C11H14F3NO. The van der Waals surface area contributed by atoms with Crippen LogP contribution >= 0.6 is 0 Å². The molecule has 2 nitrogen and oxygen atoms in total. The van der Waals surface area contributed by atoms with Crippen LogP contribution in [0.2, 0.25) is 0 Å². The monoisotopic (exact) mass is 233 g/mol. The molecule has 0 saturated heterocycles. The summed E-state index contributed by atoms with van der Waals surface area (Å²) >= 11 is 0. The topological polar surface area (TPSA) is 33.1 Å². The number of aryl methyl sites for hydroxylation is 1. The Hall–Kier alpha value is -1.10. The molecule has 0 bridgehead atoms. The summed E-state index contributed by atoms with van der Waals surface area (Å²) in [6.07, 6.45) is -2.76. The third-order valence-corrected chi connectivity index (χ3v) is 2.38. The molecule has 0 spiro atoms. The molecule has 1 heterocycles. The van der Waals surface area contributed by atoms with E-state index in [-0.39, 0.29) is 12.8 Å². The van der Waals surface area contributed by atoms with Crippen LogP contribution in [0, 0.1) is 6.92 Å². The molecule has 0 amide bonds. The van der Waals surface area contributed by atoms with Gasteiger partial charge in [0.05, 0.1) is 6.10 Å². The lowest BCUT2D eigenvalue weighted by atomic mass is 10.0. The Morgan fingerprint density at radius 2 is 2.12 bits per heavy atom. The number of nitrogens with zero attached hydrogens (tertiary/aromatic N) is 1. The number of aliphatic hydroxyl groups excluding tert-OH is 1. The van der Waals surface area contributed by atoms with Gasteiger partial charge in [-0.25, -0.2) is 0 Å². The zero-order valence-electron chi connectivity index (χ0n) is 8.96. The molecule has 0 aliphatic rings. The smallest absolute Gasteiger partial charge is 0.388 e. The molecule has 1 aromatic rings. The third-order valence-electron chi connectivity index (χ3n) is 2.38. The van der Waals surface area contributed by atoms with Crippen LogP contribution in [0.25, 0.3) is 0 Å². The average molecular weight is 233 g/mol. The van der Waals surface area contributed by atoms with Crippen LogP contribution < -0.4 is 0 Å². The first-order valence-electron chi connectivity index (χ1n) is 5.05. The Morgan fingerprint density at radius 3 is 2.69 bits per heavy atom. The van der Waals surface area contributed by atoms with Gasteiger partial charge >= 0.3 is 6.18 Å². The van der Waals surface area contributed by atoms with Gasteiger partial charge in [0.25, 0.3) is 0 Å². The van der Waals surface area contributed by atoms with Gasteiger partial charge in [0.2, 0.25) is 0 Å². The number of hydrogen-bond donors (Lipinski definition) is 1. The molecule has 0 fully saturated rings. The number of pyridine rings is 1. The van der Waals surface area contributed by atoms with Crippen LogP contribution in [-0.4, -0.2) is 16.3 Å². The fourth-order valence-corrected chi connectivity index (χ4v) is 1.48. The molecule has 1 N–H and O–H groups in total. The van der Waals surface area contributed by atoms with E-state index in [1.165, 1.54) is 6.20 Å². The minimum atomic E-state index is -4.15. The Kier molecular flexibility index (Phi) is 4.29. The van der Waals surface area contributed by atoms with E-state index in [0.29, 0.717) is 5.56 Å². The van der Waals surface area contributed by atoms with E-state index in [4.69, 9.17) is 0 Å². The highest BCUT2D eigenvalue weighted by Crippen LogP contribution is 2.26. The summed E-state index contributed by atoms with van der Waals surface area (Å²) < 4.78 is 35.7. The van der Waals surface area contributed by atoms with Gasteiger partial charge in [-0.05, 0) is 31.4 Å². The fourth-order valence-electron chi connectivity index (χ4n) is 1.48. The molecule has 0 aliphatic carbocycles. The Labute approximate surface area is 92.1 Å². The second-order valence-corrected chi connectivity index (χ2v) is 3.76. The Balaban J connectivity index is 2.47. The number of rotatable bonds is 4. The van der Waals surface area contributed by atoms with Crippen molar-refractivity contribution in [1.82, 2.24) is 4.98 Å². The van der Waals surface area contributed by atoms with Crippen molar-refractivity contribution in [2.24, 2.45) is 0 Å². The first-order valence-corrected chi connectivity index (χ1v) is 5.05. The van der Waals surface area contributed by atoms with Crippen molar-refractivity contribution in [3.63, 3.8) is 0 Å². The molecule has 90 valence electrons. The third kappa shape index (κ3) is 4.18. The van der Waals surface area contributed by atoms with E-state index >= 15 is 0 Å². The highest BCUT2D eigenvalue weighted by molar-refractivity contribution is 5.23. The maximum Gasteiger partial charge on any atom is 0.389 e. The summed E-state index contributed by atoms with van der Waals surface area (Å²) in [6, 6.07) is 1.72. The minimum Gasteiger partial charge on any atom is -0.388 e. The molecule has 0 radical (unpaired) electrons. The Bertz CT molecular complexity index is 338. The summed E-state index contributed by atoms with van der Waals surface area (Å²) in [5.41, 5.74) is 1.44. The van der Waals surface area contributed by atoms with Crippen LogP contribution in [0.15, 0.2) is 18.5 Å². The van der Waals surface area contributed by atoms with E-state index in [2.05, 4.69) is 4.98 Å². The standard InChI is InChI=1S/C11H14F3NO/c1-8-4-6-15-7-9(8)10(16)3-2-5-11(12,13)14/h4,6-7,10,16H,2-3,5H2,1H3. The summed E-state index contributed by atoms with van der Waals surface area (Å²) in [4.78, 5) is 3.84. The summed E-state index contributed by atoms with van der Waals surface area (Å²) in [5, 5.41) is 9.69. The van der Waals surface area contributed by atoms with Gasteiger partial charge in [-0.1, -0.05) is 0 Å². The number of aliphatic hydroxyl groups is 1. The van der Waals surface area contributed by atoms with Crippen molar-refractivity contribution in [1.29, 1.82) is 0 Å². The van der Waals surface area contributed by atoms with Crippen molar-refractivity contribution in [3.05, 3.63) is 29.6 Å². The zero-order valence-corrected chi connectivity index (χ0v) is 8.96. The van der Waals surface area contributed by atoms with Crippen LogP contribution in [0.1, 0.15) is 36.5 Å². The first-order chi connectivity index (χ1) is 7.40. The number of aromatic nitrogens is 1. The van der Waals surface area contributed by atoms with E-state index in [0.717, 1.165) is 5.56 Å². The van der Waals surface area contributed by atoms with Crippen LogP contribution in [0.4, 0.5) is 13.2 Å². The predicted octanol–water partition coefficient (Wildman–Crippen LogP) is 3.16. The van der Waals surface area contributed by atoms with Gasteiger partial charge in [0.15, 0.2) is 0 Å². The second kappa shape index (κ2) is 5.30. The number of alkyl halides is 3. The lowest BCUT2D eigenvalue weighted by molar-refractivity contribution is -0.136. The summed E-state index contributed by atoms with van der Waals surface area (Å²) in [5.74, 6) is 0. The molecule has 1 atom stereocenters. The van der Waals surface area contributed by atoms with E-state index in [1.54, 1.807) is 19.2 Å². The Morgan fingerprint density at radius 1 is 1.44 bits per heavy atom. The maximum absolute atomic E-state index is 11.9. The average Bonchev–Trinajstić information content (AvgIpc) is 2.16. The summed E-state index contributed by atoms with van der Waals surface area (Å²) in [7, 11) is 0. The lowest BCUT2D eigenvalue weighted by Gasteiger charge is -2.13. The highest BCUT2D eigenvalue weighted by atomic mass is 19.4.